The number of aromatic amines is 1. The SMILES string of the molecule is CCN(C(=O)c1cc2cccc([N+](=O)[O-])c2[nH]1)C(C)c1cc2ccccc2o1. The third-order valence-corrected chi connectivity index (χ3v) is 4.99. The average Bonchev–Trinajstić information content (AvgIpc) is 3.31. The number of nitrogens with zero attached hydrogens (tertiary/aromatic N) is 2. The Labute approximate surface area is 160 Å². The van der Waals surface area contributed by atoms with E-state index >= 15 is 0 Å². The van der Waals surface area contributed by atoms with Gasteiger partial charge in [0.05, 0.1) is 11.0 Å². The molecule has 1 amide bonds. The number of nitro benzene ring substituents is 1. The quantitative estimate of drug-likeness (QED) is 0.389. The Kier molecular flexibility index (Phi) is 4.35. The Morgan fingerprint density at radius 3 is 2.64 bits per heavy atom. The van der Waals surface area contributed by atoms with Crippen molar-refractivity contribution in [3.63, 3.8) is 0 Å². The highest BCUT2D eigenvalue weighted by molar-refractivity contribution is 6.00. The lowest BCUT2D eigenvalue weighted by molar-refractivity contribution is -0.383. The van der Waals surface area contributed by atoms with Crippen molar-refractivity contribution in [2.45, 2.75) is 19.9 Å². The fraction of sp³-hybridized carbons (Fsp3) is 0.190. The lowest BCUT2D eigenvalue weighted by atomic mass is 10.1. The molecule has 142 valence electrons. The third kappa shape index (κ3) is 2.90. The summed E-state index contributed by atoms with van der Waals surface area (Å²) in [5.74, 6) is 0.458. The summed E-state index contributed by atoms with van der Waals surface area (Å²) >= 11 is 0. The molecule has 1 unspecified atom stereocenters. The lowest BCUT2D eigenvalue weighted by Crippen LogP contribution is -2.33. The van der Waals surface area contributed by atoms with E-state index in [1.807, 2.05) is 44.2 Å². The lowest BCUT2D eigenvalue weighted by Gasteiger charge is -2.26. The van der Waals surface area contributed by atoms with E-state index in [9.17, 15) is 14.9 Å². The maximum atomic E-state index is 13.1. The number of nitrogens with one attached hydrogen (secondary N) is 1. The number of carbonyl (C=O) groups is 1. The number of benzene rings is 2. The number of furan rings is 1. The number of amides is 1. The van der Waals surface area contributed by atoms with Crippen LogP contribution in [0.2, 0.25) is 0 Å². The van der Waals surface area contributed by atoms with E-state index in [0.29, 0.717) is 28.9 Å². The number of fused-ring (bicyclic) bond motifs is 2. The number of nitro groups is 1. The first kappa shape index (κ1) is 17.8. The second-order valence-corrected chi connectivity index (χ2v) is 6.64. The van der Waals surface area contributed by atoms with Crippen molar-refractivity contribution in [3.8, 4) is 0 Å². The Balaban J connectivity index is 1.69. The van der Waals surface area contributed by atoms with Crippen molar-refractivity contribution in [2.24, 2.45) is 0 Å². The predicted molar refractivity (Wildman–Crippen MR) is 106 cm³/mol. The number of hydrogen-bond donors (Lipinski definition) is 1. The van der Waals surface area contributed by atoms with Crippen LogP contribution in [0.4, 0.5) is 5.69 Å². The highest BCUT2D eigenvalue weighted by atomic mass is 16.6. The van der Waals surface area contributed by atoms with Crippen molar-refractivity contribution >= 4 is 33.5 Å². The van der Waals surface area contributed by atoms with Crippen LogP contribution in [-0.4, -0.2) is 27.3 Å². The molecule has 2 heterocycles. The van der Waals surface area contributed by atoms with Crippen LogP contribution in [0.25, 0.3) is 21.9 Å². The van der Waals surface area contributed by atoms with Gasteiger partial charge in [-0.1, -0.05) is 30.3 Å². The molecule has 7 heteroatoms. The summed E-state index contributed by atoms with van der Waals surface area (Å²) in [5.41, 5.74) is 1.39. The van der Waals surface area contributed by atoms with Crippen molar-refractivity contribution < 1.29 is 14.1 Å². The Hall–Kier alpha value is -3.61. The molecule has 0 bridgehead atoms. The van der Waals surface area contributed by atoms with Gasteiger partial charge in [-0.2, -0.15) is 0 Å². The van der Waals surface area contributed by atoms with Gasteiger partial charge >= 0.3 is 0 Å². The maximum absolute atomic E-state index is 13.1. The second kappa shape index (κ2) is 6.84. The van der Waals surface area contributed by atoms with Gasteiger partial charge in [0.15, 0.2) is 0 Å². The Bertz CT molecular complexity index is 1160. The summed E-state index contributed by atoms with van der Waals surface area (Å²) < 4.78 is 5.91. The van der Waals surface area contributed by atoms with Crippen LogP contribution in [0.5, 0.6) is 0 Å². The first-order chi connectivity index (χ1) is 13.5. The number of para-hydroxylation sites is 2. The number of aromatic nitrogens is 1. The van der Waals surface area contributed by atoms with Gasteiger partial charge in [-0.3, -0.25) is 14.9 Å². The molecule has 0 aliphatic heterocycles. The zero-order valence-electron chi connectivity index (χ0n) is 15.5. The monoisotopic (exact) mass is 377 g/mol. The normalized spacial score (nSPS) is 12.4. The van der Waals surface area contributed by atoms with Crippen LogP contribution in [-0.2, 0) is 0 Å². The standard InChI is InChI=1S/C21H19N3O4/c1-3-23(13(2)19-12-14-7-4-5-10-18(14)28-19)21(25)16-11-15-8-6-9-17(24(26)27)20(15)22-16/h4-13,22H,3H2,1-2H3. The largest absolute Gasteiger partial charge is 0.459 e. The molecule has 0 fully saturated rings. The van der Waals surface area contributed by atoms with Gasteiger partial charge in [-0.05, 0) is 32.0 Å². The Morgan fingerprint density at radius 2 is 1.93 bits per heavy atom. The van der Waals surface area contributed by atoms with Gasteiger partial charge in [0.1, 0.15) is 22.6 Å². The van der Waals surface area contributed by atoms with Gasteiger partial charge < -0.3 is 14.3 Å². The zero-order valence-corrected chi connectivity index (χ0v) is 15.5. The van der Waals surface area contributed by atoms with E-state index < -0.39 is 4.92 Å². The minimum atomic E-state index is -0.457. The molecule has 1 atom stereocenters. The van der Waals surface area contributed by atoms with Crippen molar-refractivity contribution in [2.75, 3.05) is 6.54 Å². The van der Waals surface area contributed by atoms with Gasteiger partial charge in [-0.15, -0.1) is 0 Å². The minimum absolute atomic E-state index is 0.0510. The molecule has 0 spiro atoms. The first-order valence-electron chi connectivity index (χ1n) is 9.05. The smallest absolute Gasteiger partial charge is 0.293 e. The van der Waals surface area contributed by atoms with Crippen LogP contribution in [0, 0.1) is 10.1 Å². The van der Waals surface area contributed by atoms with Crippen molar-refractivity contribution in [3.05, 3.63) is 76.2 Å². The molecule has 7 nitrogen and oxygen atoms in total. The number of carbonyl (C=O) groups excluding carboxylic acids is 1. The molecular weight excluding hydrogens is 358 g/mol. The molecule has 2 aromatic heterocycles. The van der Waals surface area contributed by atoms with Gasteiger partial charge in [0.2, 0.25) is 0 Å². The molecule has 0 aliphatic carbocycles. The predicted octanol–water partition coefficient (Wildman–Crippen LogP) is 5.05. The zero-order chi connectivity index (χ0) is 19.8. The summed E-state index contributed by atoms with van der Waals surface area (Å²) in [6.45, 7) is 4.26. The molecule has 4 rings (SSSR count). The second-order valence-electron chi connectivity index (χ2n) is 6.64. The molecule has 4 aromatic rings. The molecular formula is C21H19N3O4. The van der Waals surface area contributed by atoms with Crippen LogP contribution in [0.3, 0.4) is 0 Å². The van der Waals surface area contributed by atoms with E-state index in [1.54, 1.807) is 23.1 Å². The Morgan fingerprint density at radius 1 is 1.18 bits per heavy atom. The summed E-state index contributed by atoms with van der Waals surface area (Å²) in [6.07, 6.45) is 0. The van der Waals surface area contributed by atoms with Crippen LogP contribution in [0.1, 0.15) is 36.1 Å². The van der Waals surface area contributed by atoms with Gasteiger partial charge in [0, 0.05) is 23.4 Å². The van der Waals surface area contributed by atoms with Crippen molar-refractivity contribution in [1.82, 2.24) is 9.88 Å². The number of non-ortho nitro benzene ring substituents is 1. The van der Waals surface area contributed by atoms with E-state index in [0.717, 1.165) is 11.0 Å². The highest BCUT2D eigenvalue weighted by Crippen LogP contribution is 2.30. The van der Waals surface area contributed by atoms with E-state index in [4.69, 9.17) is 4.42 Å². The molecule has 28 heavy (non-hydrogen) atoms. The summed E-state index contributed by atoms with van der Waals surface area (Å²) in [6, 6.07) is 15.8. The van der Waals surface area contributed by atoms with Crippen LogP contribution in [0.15, 0.2) is 59.0 Å². The highest BCUT2D eigenvalue weighted by Gasteiger charge is 2.26. The number of hydrogen-bond acceptors (Lipinski definition) is 4. The minimum Gasteiger partial charge on any atom is -0.459 e. The molecule has 0 aliphatic rings. The van der Waals surface area contributed by atoms with E-state index in [1.165, 1.54) is 6.07 Å². The van der Waals surface area contributed by atoms with Crippen molar-refractivity contribution in [1.29, 1.82) is 0 Å². The summed E-state index contributed by atoms with van der Waals surface area (Å²) in [5, 5.41) is 12.9. The van der Waals surface area contributed by atoms with Gasteiger partial charge in [0.25, 0.3) is 11.6 Å². The molecule has 1 N–H and O–H groups in total. The molecule has 0 radical (unpaired) electrons. The summed E-state index contributed by atoms with van der Waals surface area (Å²) in [4.78, 5) is 28.5. The fourth-order valence-corrected chi connectivity index (χ4v) is 3.52. The number of rotatable bonds is 5. The summed E-state index contributed by atoms with van der Waals surface area (Å²) in [7, 11) is 0. The number of H-pyrrole nitrogens is 1. The molecule has 0 saturated carbocycles. The molecule has 0 saturated heterocycles. The molecule has 2 aromatic carbocycles. The van der Waals surface area contributed by atoms with Gasteiger partial charge in [-0.25, -0.2) is 0 Å². The topological polar surface area (TPSA) is 92.4 Å². The van der Waals surface area contributed by atoms with E-state index in [2.05, 4.69) is 4.98 Å². The third-order valence-electron chi connectivity index (χ3n) is 4.99. The average molecular weight is 377 g/mol. The van der Waals surface area contributed by atoms with Crippen LogP contribution < -0.4 is 0 Å². The van der Waals surface area contributed by atoms with Crippen LogP contribution >= 0.6 is 0 Å². The van der Waals surface area contributed by atoms with E-state index in [-0.39, 0.29) is 17.6 Å². The maximum Gasteiger partial charge on any atom is 0.293 e. The first-order valence-corrected chi connectivity index (χ1v) is 9.05. The fourth-order valence-electron chi connectivity index (χ4n) is 3.52.